The lowest BCUT2D eigenvalue weighted by molar-refractivity contribution is 0.0958. The van der Waals surface area contributed by atoms with Crippen molar-refractivity contribution in [1.82, 2.24) is 35.2 Å². The van der Waals surface area contributed by atoms with Crippen molar-refractivity contribution in [2.45, 2.75) is 19.4 Å². The van der Waals surface area contributed by atoms with Gasteiger partial charge < -0.3 is 20.3 Å². The van der Waals surface area contributed by atoms with Gasteiger partial charge in [-0.15, -0.1) is 10.2 Å². The zero-order chi connectivity index (χ0) is 26.0. The van der Waals surface area contributed by atoms with Crippen LogP contribution in [0.4, 0.5) is 22.0 Å². The second-order valence-corrected chi connectivity index (χ2v) is 7.46. The van der Waals surface area contributed by atoms with Crippen LogP contribution in [0.3, 0.4) is 0 Å². The van der Waals surface area contributed by atoms with E-state index in [9.17, 15) is 9.59 Å². The first-order chi connectivity index (χ1) is 17.1. The van der Waals surface area contributed by atoms with E-state index in [1.54, 1.807) is 41.2 Å². The number of anilines is 3. The molecule has 3 aromatic rings. The first-order valence-corrected chi connectivity index (χ1v) is 10.1. The summed E-state index contributed by atoms with van der Waals surface area (Å²) in [7, 11) is 3.21. The van der Waals surface area contributed by atoms with Crippen LogP contribution in [0.2, 0.25) is 0 Å². The third kappa shape index (κ3) is 4.40. The first-order valence-electron chi connectivity index (χ1n) is 11.6. The number of urea groups is 1. The predicted molar refractivity (Wildman–Crippen MR) is 121 cm³/mol. The monoisotopic (exact) mass is 454 g/mol. The fourth-order valence-corrected chi connectivity index (χ4v) is 3.41. The molecule has 12 heteroatoms. The molecule has 1 aliphatic heterocycles. The number of hydrogen-bond donors (Lipinski definition) is 3. The highest BCUT2D eigenvalue weighted by Gasteiger charge is 2.29. The number of carbonyl (C=O) groups excluding carboxylic acids is 2. The molecule has 3 heterocycles. The van der Waals surface area contributed by atoms with Crippen molar-refractivity contribution in [2.75, 3.05) is 31.3 Å². The second kappa shape index (κ2) is 9.10. The van der Waals surface area contributed by atoms with E-state index < -0.39 is 12.9 Å². The quantitative estimate of drug-likeness (QED) is 0.514. The molecule has 4 rings (SSSR count). The molecule has 2 aromatic heterocycles. The number of rotatable bonds is 6. The number of aryl methyl sites for hydroxylation is 1. The molecule has 33 heavy (non-hydrogen) atoms. The molecule has 1 aromatic carbocycles. The van der Waals surface area contributed by atoms with E-state index in [0.717, 1.165) is 6.42 Å². The highest BCUT2D eigenvalue weighted by Crippen LogP contribution is 2.37. The number of aromatic nitrogens is 5. The van der Waals surface area contributed by atoms with E-state index in [1.807, 2.05) is 12.2 Å². The van der Waals surface area contributed by atoms with Gasteiger partial charge in [0.15, 0.2) is 23.1 Å². The Morgan fingerprint density at radius 1 is 1.27 bits per heavy atom. The summed E-state index contributed by atoms with van der Waals surface area (Å²) >= 11 is 0. The van der Waals surface area contributed by atoms with Gasteiger partial charge in [0.05, 0.1) is 24.0 Å². The zero-order valence-electron chi connectivity index (χ0n) is 21.3. The molecule has 1 unspecified atom stereocenters. The van der Waals surface area contributed by atoms with Crippen LogP contribution >= 0.6 is 0 Å². The standard InChI is InChI=1S/C21H25N9O3/c1-12-8-9-30(12)21(32)25-16-10-15(17(27-26-16)20(31)22-2)24-14-7-5-6-13(18(14)33-4)19-23-11-29(3)28-19/h5-7,10-12H,8-9H2,1-4H3,(H,22,31)(H2,24,25,26,32)/i2D3. The van der Waals surface area contributed by atoms with Gasteiger partial charge in [0.25, 0.3) is 5.91 Å². The molecule has 3 amide bonds. The van der Waals surface area contributed by atoms with Crippen molar-refractivity contribution < 1.29 is 18.4 Å². The number of nitrogens with one attached hydrogen (secondary N) is 3. The number of carbonyl (C=O) groups is 2. The van der Waals surface area contributed by atoms with Crippen molar-refractivity contribution in [3.63, 3.8) is 0 Å². The Morgan fingerprint density at radius 3 is 2.76 bits per heavy atom. The van der Waals surface area contributed by atoms with Gasteiger partial charge in [-0.05, 0) is 25.5 Å². The minimum atomic E-state index is -2.74. The summed E-state index contributed by atoms with van der Waals surface area (Å²) in [6.07, 6.45) is 2.45. The van der Waals surface area contributed by atoms with Gasteiger partial charge >= 0.3 is 6.03 Å². The molecule has 1 atom stereocenters. The van der Waals surface area contributed by atoms with Crippen molar-refractivity contribution in [2.24, 2.45) is 7.05 Å². The molecule has 1 fully saturated rings. The molecule has 0 bridgehead atoms. The summed E-state index contributed by atoms with van der Waals surface area (Å²) in [4.78, 5) is 31.1. The maximum Gasteiger partial charge on any atom is 0.323 e. The topological polar surface area (TPSA) is 139 Å². The predicted octanol–water partition coefficient (Wildman–Crippen LogP) is 2.01. The number of ether oxygens (including phenoxy) is 1. The number of hydrogen-bond acceptors (Lipinski definition) is 8. The van der Waals surface area contributed by atoms with Crippen molar-refractivity contribution in [3.05, 3.63) is 36.3 Å². The van der Waals surface area contributed by atoms with Crippen molar-refractivity contribution in [3.8, 4) is 17.1 Å². The lowest BCUT2D eigenvalue weighted by Crippen LogP contribution is -2.51. The molecule has 0 spiro atoms. The summed E-state index contributed by atoms with van der Waals surface area (Å²) in [5.74, 6) is -0.0974. The number of para-hydroxylation sites is 1. The highest BCUT2D eigenvalue weighted by molar-refractivity contribution is 5.99. The molecular formula is C21H25N9O3. The third-order valence-electron chi connectivity index (χ3n) is 5.27. The fourth-order valence-electron chi connectivity index (χ4n) is 3.41. The molecule has 0 saturated carbocycles. The minimum absolute atomic E-state index is 0.0774. The van der Waals surface area contributed by atoms with Crippen molar-refractivity contribution >= 4 is 29.1 Å². The number of methoxy groups -OCH3 is 1. The molecule has 0 aliphatic carbocycles. The van der Waals surface area contributed by atoms with Crippen LogP contribution < -0.4 is 20.7 Å². The van der Waals surface area contributed by atoms with E-state index in [2.05, 4.69) is 30.9 Å². The number of benzene rings is 1. The van der Waals surface area contributed by atoms with Crippen molar-refractivity contribution in [1.29, 1.82) is 0 Å². The zero-order valence-corrected chi connectivity index (χ0v) is 18.3. The molecule has 1 saturated heterocycles. The normalized spacial score (nSPS) is 16.6. The van der Waals surface area contributed by atoms with Crippen LogP contribution in [0.1, 0.15) is 27.9 Å². The first kappa shape index (κ1) is 18.4. The number of likely N-dealkylation sites (tertiary alicyclic amines) is 1. The Balaban J connectivity index is 1.71. The minimum Gasteiger partial charge on any atom is -0.494 e. The van der Waals surface area contributed by atoms with Gasteiger partial charge in [-0.1, -0.05) is 6.07 Å². The Bertz CT molecular complexity index is 1300. The Labute approximate surface area is 194 Å². The summed E-state index contributed by atoms with van der Waals surface area (Å²) in [6, 6.07) is 6.35. The summed E-state index contributed by atoms with van der Waals surface area (Å²) in [6.45, 7) is -0.186. The maximum atomic E-state index is 12.7. The third-order valence-corrected chi connectivity index (χ3v) is 5.27. The van der Waals surface area contributed by atoms with E-state index in [4.69, 9.17) is 8.85 Å². The van der Waals surface area contributed by atoms with Gasteiger partial charge in [-0.3, -0.25) is 14.8 Å². The molecule has 0 radical (unpaired) electrons. The fraction of sp³-hybridized carbons (Fsp3) is 0.333. The summed E-state index contributed by atoms with van der Waals surface area (Å²) < 4.78 is 29.2. The number of nitrogens with zero attached hydrogens (tertiary/aromatic N) is 6. The molecule has 12 nitrogen and oxygen atoms in total. The van der Waals surface area contributed by atoms with Crippen LogP contribution in [0.25, 0.3) is 11.4 Å². The lowest BCUT2D eigenvalue weighted by atomic mass is 10.1. The van der Waals surface area contributed by atoms with Gasteiger partial charge in [0, 0.05) is 36.8 Å². The Kier molecular flexibility index (Phi) is 5.07. The van der Waals surface area contributed by atoms with E-state index in [-0.39, 0.29) is 29.3 Å². The molecular weight excluding hydrogens is 426 g/mol. The average Bonchev–Trinajstić information content (AvgIpc) is 3.22. The molecule has 172 valence electrons. The Hall–Kier alpha value is -4.22. The SMILES string of the molecule is [2H]C([2H])([2H])NC(=O)c1nnc(NC(=O)N2CCC2C)cc1Nc1cccc(-c2ncn(C)n2)c1OC. The number of amides is 3. The molecule has 1 aliphatic rings. The maximum absolute atomic E-state index is 12.7. The molecule has 3 N–H and O–H groups in total. The Morgan fingerprint density at radius 2 is 2.12 bits per heavy atom. The highest BCUT2D eigenvalue weighted by atomic mass is 16.5. The van der Waals surface area contributed by atoms with Crippen LogP contribution in [0.5, 0.6) is 5.75 Å². The van der Waals surface area contributed by atoms with Crippen LogP contribution in [-0.2, 0) is 7.05 Å². The lowest BCUT2D eigenvalue weighted by Gasteiger charge is -2.38. The van der Waals surface area contributed by atoms with Crippen LogP contribution in [0, 0.1) is 0 Å². The van der Waals surface area contributed by atoms with E-state index in [1.165, 1.54) is 13.2 Å². The average molecular weight is 455 g/mol. The van der Waals surface area contributed by atoms with E-state index >= 15 is 0 Å². The summed E-state index contributed by atoms with van der Waals surface area (Å²) in [5.41, 5.74) is 0.818. The van der Waals surface area contributed by atoms with Gasteiger partial charge in [0.2, 0.25) is 0 Å². The van der Waals surface area contributed by atoms with Gasteiger partial charge in [-0.2, -0.15) is 5.10 Å². The largest absolute Gasteiger partial charge is 0.494 e. The van der Waals surface area contributed by atoms with Crippen LogP contribution in [0.15, 0.2) is 30.6 Å². The smallest absolute Gasteiger partial charge is 0.323 e. The second-order valence-electron chi connectivity index (χ2n) is 7.46. The van der Waals surface area contributed by atoms with E-state index in [0.29, 0.717) is 29.4 Å². The van der Waals surface area contributed by atoms with Gasteiger partial charge in [0.1, 0.15) is 6.33 Å². The van der Waals surface area contributed by atoms with Crippen LogP contribution in [-0.4, -0.2) is 68.5 Å². The van der Waals surface area contributed by atoms with Gasteiger partial charge in [-0.25, -0.2) is 9.78 Å². The summed E-state index contributed by atoms with van der Waals surface area (Å²) in [5, 5.41) is 19.7.